The minimum atomic E-state index is 0.122. The van der Waals surface area contributed by atoms with E-state index in [-0.39, 0.29) is 5.28 Å². The fourth-order valence-corrected chi connectivity index (χ4v) is 2.23. The zero-order chi connectivity index (χ0) is 16.8. The van der Waals surface area contributed by atoms with Crippen molar-refractivity contribution in [2.75, 3.05) is 17.7 Å². The Hall–Kier alpha value is -2.86. The smallest absolute Gasteiger partial charge is 0.233 e. The third-order valence-corrected chi connectivity index (χ3v) is 3.42. The predicted octanol–water partition coefficient (Wildman–Crippen LogP) is 3.89. The summed E-state index contributed by atoms with van der Waals surface area (Å²) in [5, 5.41) is 6.35. The fourth-order valence-electron chi connectivity index (χ4n) is 2.07. The summed E-state index contributed by atoms with van der Waals surface area (Å²) in [4.78, 5) is 12.5. The van der Waals surface area contributed by atoms with E-state index >= 15 is 0 Å². The van der Waals surface area contributed by atoms with Gasteiger partial charge >= 0.3 is 0 Å². The van der Waals surface area contributed by atoms with Crippen molar-refractivity contribution in [1.29, 1.82) is 0 Å². The standard InChI is InChI=1S/C17H16ClN5O/c1-24-14-9-7-13(8-10-14)20-17-22-15(18)21-16(23-17)19-11-12-5-3-2-4-6-12/h2-10H,11H2,1H3,(H2,19,20,21,22,23). The number of hydrogen-bond donors (Lipinski definition) is 2. The first kappa shape index (κ1) is 16.0. The van der Waals surface area contributed by atoms with Gasteiger partial charge in [0, 0.05) is 12.2 Å². The van der Waals surface area contributed by atoms with Gasteiger partial charge in [-0.15, -0.1) is 0 Å². The van der Waals surface area contributed by atoms with Crippen LogP contribution in [0.2, 0.25) is 5.28 Å². The monoisotopic (exact) mass is 341 g/mol. The highest BCUT2D eigenvalue weighted by Crippen LogP contribution is 2.19. The lowest BCUT2D eigenvalue weighted by Crippen LogP contribution is -2.07. The molecule has 0 spiro atoms. The summed E-state index contributed by atoms with van der Waals surface area (Å²) in [5.74, 6) is 1.56. The fraction of sp³-hybridized carbons (Fsp3) is 0.118. The maximum atomic E-state index is 5.98. The summed E-state index contributed by atoms with van der Waals surface area (Å²) < 4.78 is 5.13. The Kier molecular flexibility index (Phi) is 5.08. The van der Waals surface area contributed by atoms with Crippen LogP contribution >= 0.6 is 11.6 Å². The Labute approximate surface area is 144 Å². The molecule has 122 valence electrons. The normalized spacial score (nSPS) is 10.2. The molecule has 3 aromatic rings. The first-order valence-electron chi connectivity index (χ1n) is 7.33. The number of hydrogen-bond acceptors (Lipinski definition) is 6. The minimum Gasteiger partial charge on any atom is -0.497 e. The summed E-state index contributed by atoms with van der Waals surface area (Å²) in [6.45, 7) is 0.600. The van der Waals surface area contributed by atoms with Crippen molar-refractivity contribution < 1.29 is 4.74 Å². The number of halogens is 1. The molecule has 3 rings (SSSR count). The molecular weight excluding hydrogens is 326 g/mol. The lowest BCUT2D eigenvalue weighted by atomic mass is 10.2. The number of rotatable bonds is 6. The third kappa shape index (κ3) is 4.33. The van der Waals surface area contributed by atoms with E-state index in [2.05, 4.69) is 25.6 Å². The molecule has 0 aliphatic carbocycles. The number of benzene rings is 2. The van der Waals surface area contributed by atoms with Crippen LogP contribution < -0.4 is 15.4 Å². The number of nitrogens with zero attached hydrogens (tertiary/aromatic N) is 3. The second-order valence-electron chi connectivity index (χ2n) is 4.94. The largest absolute Gasteiger partial charge is 0.497 e. The minimum absolute atomic E-state index is 0.122. The van der Waals surface area contributed by atoms with Gasteiger partial charge in [0.2, 0.25) is 17.2 Å². The molecule has 0 unspecified atom stereocenters. The van der Waals surface area contributed by atoms with Crippen molar-refractivity contribution in [3.05, 3.63) is 65.4 Å². The van der Waals surface area contributed by atoms with Gasteiger partial charge in [-0.1, -0.05) is 30.3 Å². The Morgan fingerprint density at radius 2 is 1.62 bits per heavy atom. The molecule has 7 heteroatoms. The summed E-state index contributed by atoms with van der Waals surface area (Å²) >= 11 is 5.98. The van der Waals surface area contributed by atoms with Gasteiger partial charge in [0.25, 0.3) is 0 Å². The van der Waals surface area contributed by atoms with E-state index in [0.29, 0.717) is 18.4 Å². The molecule has 0 aliphatic rings. The molecule has 0 saturated heterocycles. The summed E-state index contributed by atoms with van der Waals surface area (Å²) in [7, 11) is 1.62. The second kappa shape index (κ2) is 7.61. The van der Waals surface area contributed by atoms with Crippen molar-refractivity contribution in [1.82, 2.24) is 15.0 Å². The summed E-state index contributed by atoms with van der Waals surface area (Å²) in [5.41, 5.74) is 1.95. The van der Waals surface area contributed by atoms with E-state index in [1.807, 2.05) is 54.6 Å². The van der Waals surface area contributed by atoms with Crippen LogP contribution in [0.1, 0.15) is 5.56 Å². The molecule has 2 aromatic carbocycles. The van der Waals surface area contributed by atoms with E-state index in [1.54, 1.807) is 7.11 Å². The van der Waals surface area contributed by atoms with E-state index in [1.165, 1.54) is 0 Å². The van der Waals surface area contributed by atoms with Gasteiger partial charge in [-0.3, -0.25) is 0 Å². The topological polar surface area (TPSA) is 72.0 Å². The van der Waals surface area contributed by atoms with Gasteiger partial charge in [-0.2, -0.15) is 15.0 Å². The molecule has 2 N–H and O–H groups in total. The first-order chi connectivity index (χ1) is 11.7. The molecule has 6 nitrogen and oxygen atoms in total. The van der Waals surface area contributed by atoms with Crippen LogP contribution in [0.3, 0.4) is 0 Å². The molecule has 0 saturated carbocycles. The maximum absolute atomic E-state index is 5.98. The molecule has 0 fully saturated rings. The van der Waals surface area contributed by atoms with E-state index in [0.717, 1.165) is 17.0 Å². The Balaban J connectivity index is 1.70. The number of ether oxygens (including phenoxy) is 1. The molecule has 24 heavy (non-hydrogen) atoms. The number of methoxy groups -OCH3 is 1. The van der Waals surface area contributed by atoms with Gasteiger partial charge in [-0.05, 0) is 41.4 Å². The molecule has 0 atom stereocenters. The molecule has 0 bridgehead atoms. The molecular formula is C17H16ClN5O. The summed E-state index contributed by atoms with van der Waals surface area (Å²) in [6.07, 6.45) is 0. The van der Waals surface area contributed by atoms with E-state index < -0.39 is 0 Å². The number of aromatic nitrogens is 3. The van der Waals surface area contributed by atoms with Crippen LogP contribution in [0.5, 0.6) is 5.75 Å². The lowest BCUT2D eigenvalue weighted by Gasteiger charge is -2.09. The molecule has 0 amide bonds. The van der Waals surface area contributed by atoms with Gasteiger partial charge in [0.05, 0.1) is 7.11 Å². The lowest BCUT2D eigenvalue weighted by molar-refractivity contribution is 0.415. The molecule has 1 aromatic heterocycles. The predicted molar refractivity (Wildman–Crippen MR) is 94.9 cm³/mol. The third-order valence-electron chi connectivity index (χ3n) is 3.25. The molecule has 0 radical (unpaired) electrons. The Bertz CT molecular complexity index is 796. The average Bonchev–Trinajstić information content (AvgIpc) is 2.61. The summed E-state index contributed by atoms with van der Waals surface area (Å²) in [6, 6.07) is 17.4. The van der Waals surface area contributed by atoms with Crippen molar-refractivity contribution >= 4 is 29.2 Å². The van der Waals surface area contributed by atoms with Crippen LogP contribution in [0.15, 0.2) is 54.6 Å². The van der Waals surface area contributed by atoms with E-state index in [9.17, 15) is 0 Å². The zero-order valence-corrected chi connectivity index (χ0v) is 13.8. The van der Waals surface area contributed by atoms with Crippen LogP contribution in [0.4, 0.5) is 17.6 Å². The SMILES string of the molecule is COc1ccc(Nc2nc(Cl)nc(NCc3ccccc3)n2)cc1. The van der Waals surface area contributed by atoms with Crippen molar-refractivity contribution in [2.24, 2.45) is 0 Å². The van der Waals surface area contributed by atoms with Crippen LogP contribution in [-0.2, 0) is 6.54 Å². The van der Waals surface area contributed by atoms with Crippen molar-refractivity contribution in [3.63, 3.8) is 0 Å². The Morgan fingerprint density at radius 3 is 2.33 bits per heavy atom. The Morgan fingerprint density at radius 1 is 0.917 bits per heavy atom. The van der Waals surface area contributed by atoms with Crippen molar-refractivity contribution in [3.8, 4) is 5.75 Å². The highest BCUT2D eigenvalue weighted by atomic mass is 35.5. The zero-order valence-electron chi connectivity index (χ0n) is 13.0. The van der Waals surface area contributed by atoms with Gasteiger partial charge in [-0.25, -0.2) is 0 Å². The van der Waals surface area contributed by atoms with Gasteiger partial charge in [0.1, 0.15) is 5.75 Å². The van der Waals surface area contributed by atoms with Crippen molar-refractivity contribution in [2.45, 2.75) is 6.54 Å². The maximum Gasteiger partial charge on any atom is 0.233 e. The quantitative estimate of drug-likeness (QED) is 0.708. The van der Waals surface area contributed by atoms with E-state index in [4.69, 9.17) is 16.3 Å². The molecule has 1 heterocycles. The highest BCUT2D eigenvalue weighted by Gasteiger charge is 2.06. The molecule has 0 aliphatic heterocycles. The second-order valence-corrected chi connectivity index (χ2v) is 5.28. The first-order valence-corrected chi connectivity index (χ1v) is 7.71. The average molecular weight is 342 g/mol. The number of anilines is 3. The number of nitrogens with one attached hydrogen (secondary N) is 2. The van der Waals surface area contributed by atoms with Crippen LogP contribution in [0, 0.1) is 0 Å². The van der Waals surface area contributed by atoms with Crippen LogP contribution in [0.25, 0.3) is 0 Å². The highest BCUT2D eigenvalue weighted by molar-refractivity contribution is 6.28. The van der Waals surface area contributed by atoms with Gasteiger partial charge < -0.3 is 15.4 Å². The van der Waals surface area contributed by atoms with Gasteiger partial charge in [0.15, 0.2) is 0 Å². The van der Waals surface area contributed by atoms with Crippen LogP contribution in [-0.4, -0.2) is 22.1 Å².